The number of aromatic amines is 1. The quantitative estimate of drug-likeness (QED) is 0.559. The Balaban J connectivity index is 1.59. The van der Waals surface area contributed by atoms with Crippen LogP contribution in [0.5, 0.6) is 11.8 Å². The third kappa shape index (κ3) is 4.46. The van der Waals surface area contributed by atoms with Gasteiger partial charge in [0.2, 0.25) is 11.8 Å². The van der Waals surface area contributed by atoms with Crippen LogP contribution < -0.4 is 14.8 Å². The van der Waals surface area contributed by atoms with Crippen LogP contribution in [0.3, 0.4) is 0 Å². The number of aromatic nitrogens is 3. The summed E-state index contributed by atoms with van der Waals surface area (Å²) in [6.45, 7) is 0. The van der Waals surface area contributed by atoms with E-state index in [0.717, 1.165) is 18.5 Å². The highest BCUT2D eigenvalue weighted by molar-refractivity contribution is 6.33. The fourth-order valence-corrected chi connectivity index (χ4v) is 3.50. The second-order valence-electron chi connectivity index (χ2n) is 6.86. The number of allylic oxidation sites excluding steroid dienone is 4. The molecule has 0 fully saturated rings. The van der Waals surface area contributed by atoms with E-state index in [-0.39, 0.29) is 17.4 Å². The number of rotatable bonds is 6. The lowest BCUT2D eigenvalue weighted by molar-refractivity contribution is 0.102. The van der Waals surface area contributed by atoms with Gasteiger partial charge < -0.3 is 19.8 Å². The van der Waals surface area contributed by atoms with E-state index >= 15 is 0 Å². The van der Waals surface area contributed by atoms with Gasteiger partial charge in [0.25, 0.3) is 5.91 Å². The van der Waals surface area contributed by atoms with Gasteiger partial charge in [-0.05, 0) is 42.7 Å². The first-order chi connectivity index (χ1) is 15.1. The van der Waals surface area contributed by atoms with E-state index < -0.39 is 0 Å². The molecule has 31 heavy (non-hydrogen) atoms. The number of carbonyl (C=O) groups is 1. The first-order valence-electron chi connectivity index (χ1n) is 9.70. The van der Waals surface area contributed by atoms with Crippen LogP contribution in [0.25, 0.3) is 17.0 Å². The number of imidazole rings is 1. The zero-order valence-electron chi connectivity index (χ0n) is 17.1. The van der Waals surface area contributed by atoms with Gasteiger partial charge in [-0.25, -0.2) is 4.98 Å². The summed E-state index contributed by atoms with van der Waals surface area (Å²) in [6, 6.07) is 8.43. The molecule has 2 heterocycles. The first-order valence-corrected chi connectivity index (χ1v) is 10.1. The van der Waals surface area contributed by atoms with Crippen molar-refractivity contribution in [1.82, 2.24) is 15.0 Å². The molecular weight excluding hydrogens is 416 g/mol. The summed E-state index contributed by atoms with van der Waals surface area (Å²) < 4.78 is 10.3. The van der Waals surface area contributed by atoms with Crippen LogP contribution >= 0.6 is 11.6 Å². The van der Waals surface area contributed by atoms with Crippen molar-refractivity contribution in [2.45, 2.75) is 12.8 Å². The summed E-state index contributed by atoms with van der Waals surface area (Å²) >= 11 is 6.42. The zero-order chi connectivity index (χ0) is 21.8. The van der Waals surface area contributed by atoms with Crippen LogP contribution in [0.2, 0.25) is 5.02 Å². The van der Waals surface area contributed by atoms with E-state index in [4.69, 9.17) is 21.1 Å². The van der Waals surface area contributed by atoms with Crippen LogP contribution in [0.15, 0.2) is 54.8 Å². The maximum atomic E-state index is 12.8. The SMILES string of the molecule is COc1ccc(C(=O)Nc2ccc(Cl)c(-c3ncc(C4=CC=CCC4)[nH]3)c2)c(OC)n1. The summed E-state index contributed by atoms with van der Waals surface area (Å²) in [6.07, 6.45) is 10.0. The number of hydrogen-bond acceptors (Lipinski definition) is 5. The first kappa shape index (κ1) is 20.7. The topological polar surface area (TPSA) is 89.1 Å². The molecule has 1 amide bonds. The highest BCUT2D eigenvalue weighted by Crippen LogP contribution is 2.31. The molecule has 0 spiro atoms. The molecule has 1 aromatic carbocycles. The standard InChI is InChI=1S/C23H21ClN4O3/c1-30-20-11-9-16(23(28-20)31-2)22(29)26-15-8-10-18(24)17(12-15)21-25-13-19(27-21)14-6-4-3-5-7-14/h3-4,6,8-13H,5,7H2,1-2H3,(H,25,27)(H,26,29). The average molecular weight is 437 g/mol. The number of methoxy groups -OCH3 is 2. The Kier molecular flexibility index (Phi) is 6.04. The molecule has 0 bridgehead atoms. The normalized spacial score (nSPS) is 12.9. The van der Waals surface area contributed by atoms with Gasteiger partial charge in [0.05, 0.1) is 31.1 Å². The minimum Gasteiger partial charge on any atom is -0.481 e. The van der Waals surface area contributed by atoms with Crippen molar-refractivity contribution in [3.8, 4) is 23.1 Å². The number of nitrogens with zero attached hydrogens (tertiary/aromatic N) is 2. The molecule has 1 aliphatic carbocycles. The Labute approximate surface area is 184 Å². The van der Waals surface area contributed by atoms with Crippen molar-refractivity contribution in [2.75, 3.05) is 19.5 Å². The number of benzene rings is 1. The van der Waals surface area contributed by atoms with Crippen molar-refractivity contribution in [2.24, 2.45) is 0 Å². The zero-order valence-corrected chi connectivity index (χ0v) is 17.9. The average Bonchev–Trinajstić information content (AvgIpc) is 3.30. The number of carbonyl (C=O) groups excluding carboxylic acids is 1. The summed E-state index contributed by atoms with van der Waals surface area (Å²) in [5.41, 5.74) is 3.70. The molecule has 0 radical (unpaired) electrons. The van der Waals surface area contributed by atoms with E-state index in [2.05, 4.69) is 32.4 Å². The molecule has 0 unspecified atom stereocenters. The third-order valence-corrected chi connectivity index (χ3v) is 5.23. The van der Waals surface area contributed by atoms with Crippen LogP contribution in [-0.4, -0.2) is 35.1 Å². The largest absolute Gasteiger partial charge is 0.481 e. The van der Waals surface area contributed by atoms with Gasteiger partial charge in [-0.3, -0.25) is 4.79 Å². The molecule has 4 rings (SSSR count). The number of nitrogens with one attached hydrogen (secondary N) is 2. The van der Waals surface area contributed by atoms with Crippen LogP contribution in [0, 0.1) is 0 Å². The monoisotopic (exact) mass is 436 g/mol. The van der Waals surface area contributed by atoms with Crippen LogP contribution in [-0.2, 0) is 0 Å². The highest BCUT2D eigenvalue weighted by Gasteiger charge is 2.17. The van der Waals surface area contributed by atoms with Gasteiger partial charge in [-0.2, -0.15) is 4.98 Å². The molecule has 0 atom stereocenters. The van der Waals surface area contributed by atoms with Crippen molar-refractivity contribution in [3.05, 3.63) is 71.0 Å². The van der Waals surface area contributed by atoms with Gasteiger partial charge in [-0.1, -0.05) is 29.8 Å². The Morgan fingerprint density at radius 3 is 2.81 bits per heavy atom. The number of amides is 1. The van der Waals surface area contributed by atoms with Crippen LogP contribution in [0.1, 0.15) is 28.9 Å². The number of halogens is 1. The minimum absolute atomic E-state index is 0.177. The van der Waals surface area contributed by atoms with Crippen molar-refractivity contribution < 1.29 is 14.3 Å². The molecule has 0 aliphatic heterocycles. The molecule has 158 valence electrons. The van der Waals surface area contributed by atoms with Gasteiger partial charge in [-0.15, -0.1) is 0 Å². The number of pyridine rings is 1. The smallest absolute Gasteiger partial charge is 0.261 e. The third-order valence-electron chi connectivity index (χ3n) is 4.90. The molecule has 0 saturated heterocycles. The number of H-pyrrole nitrogens is 1. The summed E-state index contributed by atoms with van der Waals surface area (Å²) in [5, 5.41) is 3.39. The summed E-state index contributed by atoms with van der Waals surface area (Å²) in [5.74, 6) is 0.811. The molecule has 7 nitrogen and oxygen atoms in total. The van der Waals surface area contributed by atoms with E-state index in [9.17, 15) is 4.79 Å². The lowest BCUT2D eigenvalue weighted by atomic mass is 10.0. The fourth-order valence-electron chi connectivity index (χ4n) is 3.30. The Bertz CT molecular complexity index is 1180. The van der Waals surface area contributed by atoms with Gasteiger partial charge in [0, 0.05) is 17.3 Å². The van der Waals surface area contributed by atoms with E-state index in [1.807, 2.05) is 6.08 Å². The van der Waals surface area contributed by atoms with E-state index in [0.29, 0.717) is 28.0 Å². The van der Waals surface area contributed by atoms with Gasteiger partial charge in [0.15, 0.2) is 0 Å². The molecular formula is C23H21ClN4O3. The molecule has 2 N–H and O–H groups in total. The number of ether oxygens (including phenoxy) is 2. The Morgan fingerprint density at radius 2 is 2.06 bits per heavy atom. The predicted octanol–water partition coefficient (Wildman–Crippen LogP) is 5.13. The number of hydrogen-bond donors (Lipinski definition) is 2. The Hall–Kier alpha value is -3.58. The van der Waals surface area contributed by atoms with Crippen LogP contribution in [0.4, 0.5) is 5.69 Å². The lowest BCUT2D eigenvalue weighted by Crippen LogP contribution is -2.14. The highest BCUT2D eigenvalue weighted by atomic mass is 35.5. The molecule has 3 aromatic rings. The van der Waals surface area contributed by atoms with E-state index in [1.54, 1.807) is 36.5 Å². The molecule has 0 saturated carbocycles. The van der Waals surface area contributed by atoms with Gasteiger partial charge >= 0.3 is 0 Å². The predicted molar refractivity (Wildman–Crippen MR) is 121 cm³/mol. The molecule has 2 aromatic heterocycles. The van der Waals surface area contributed by atoms with Gasteiger partial charge in [0.1, 0.15) is 11.4 Å². The second kappa shape index (κ2) is 9.06. The second-order valence-corrected chi connectivity index (χ2v) is 7.27. The molecule has 1 aliphatic rings. The number of anilines is 1. The van der Waals surface area contributed by atoms with E-state index in [1.165, 1.54) is 19.8 Å². The van der Waals surface area contributed by atoms with Crippen molar-refractivity contribution in [3.63, 3.8) is 0 Å². The maximum absolute atomic E-state index is 12.8. The fraction of sp³-hybridized carbons (Fsp3) is 0.174. The summed E-state index contributed by atoms with van der Waals surface area (Å²) in [7, 11) is 2.95. The van der Waals surface area contributed by atoms with Crippen molar-refractivity contribution in [1.29, 1.82) is 0 Å². The Morgan fingerprint density at radius 1 is 1.19 bits per heavy atom. The minimum atomic E-state index is -0.362. The maximum Gasteiger partial charge on any atom is 0.261 e. The molecule has 8 heteroatoms. The lowest BCUT2D eigenvalue weighted by Gasteiger charge is -2.11. The van der Waals surface area contributed by atoms with Crippen molar-refractivity contribution >= 4 is 28.8 Å². The summed E-state index contributed by atoms with van der Waals surface area (Å²) in [4.78, 5) is 24.8.